The van der Waals surface area contributed by atoms with Gasteiger partial charge in [0, 0.05) is 6.07 Å². The van der Waals surface area contributed by atoms with Gasteiger partial charge in [-0.05, 0) is 43.9 Å². The molecule has 1 amide bonds. The Morgan fingerprint density at radius 3 is 2.48 bits per heavy atom. The monoisotopic (exact) mass is 406 g/mol. The molecule has 1 aromatic carbocycles. The molecule has 0 unspecified atom stereocenters. The first-order valence-electron chi connectivity index (χ1n) is 8.12. The molecule has 152 valence electrons. The van der Waals surface area contributed by atoms with E-state index in [1.54, 1.807) is 0 Å². The van der Waals surface area contributed by atoms with Gasteiger partial charge in [0.2, 0.25) is 11.7 Å². The number of phosphoric ester groups is 1. The summed E-state index contributed by atoms with van der Waals surface area (Å²) in [6.45, 7) is 0.428. The highest BCUT2D eigenvalue weighted by molar-refractivity contribution is 7.46. The molecule has 0 aliphatic rings. The Bertz CT molecular complexity index is 708. The number of aliphatic carboxylic acids is 1. The maximum Gasteiger partial charge on any atom is 0.525 e. The van der Waals surface area contributed by atoms with Crippen LogP contribution in [0, 0.1) is 0 Å². The third kappa shape index (κ3) is 8.37. The van der Waals surface area contributed by atoms with E-state index in [4.69, 9.17) is 31.5 Å². The minimum absolute atomic E-state index is 0.00302. The molecule has 1 rings (SSSR count). The number of phosphoric acid groups is 1. The summed E-state index contributed by atoms with van der Waals surface area (Å²) in [6, 6.07) is 1.73. The second-order valence-corrected chi connectivity index (χ2v) is 7.07. The summed E-state index contributed by atoms with van der Waals surface area (Å²) < 4.78 is 15.2. The van der Waals surface area contributed by atoms with E-state index in [-0.39, 0.29) is 24.3 Å². The Hall–Kier alpha value is -2.17. The summed E-state index contributed by atoms with van der Waals surface area (Å²) in [4.78, 5) is 40.9. The fraction of sp³-hybridized carbons (Fsp3) is 0.467. The Morgan fingerprint density at radius 1 is 1.30 bits per heavy atom. The highest BCUT2D eigenvalue weighted by Gasteiger charge is 2.24. The van der Waals surface area contributed by atoms with Gasteiger partial charge in [-0.1, -0.05) is 6.07 Å². The number of carboxylic acid groups (broad SMARTS) is 1. The molecule has 0 bridgehead atoms. The lowest BCUT2D eigenvalue weighted by molar-refractivity contribution is -0.142. The number of nitrogens with one attached hydrogen (secondary N) is 1. The second-order valence-electron chi connectivity index (χ2n) is 5.91. The number of hydrogen-bond acceptors (Lipinski definition) is 6. The SMILES string of the molecule is NCCCC[C@H](NC(=O)[C@@H](N)Cc1ccc(OP(=O)(O)O)c([OH2+])c1)C(=O)O. The third-order valence-corrected chi connectivity index (χ3v) is 4.05. The van der Waals surface area contributed by atoms with Crippen molar-refractivity contribution in [3.63, 3.8) is 0 Å². The van der Waals surface area contributed by atoms with Gasteiger partial charge in [0.15, 0.2) is 0 Å². The van der Waals surface area contributed by atoms with E-state index in [1.165, 1.54) is 18.2 Å². The van der Waals surface area contributed by atoms with Crippen molar-refractivity contribution in [2.75, 3.05) is 6.54 Å². The van der Waals surface area contributed by atoms with E-state index in [1.807, 2.05) is 0 Å². The van der Waals surface area contributed by atoms with Crippen LogP contribution in [0.3, 0.4) is 0 Å². The highest BCUT2D eigenvalue weighted by Crippen LogP contribution is 2.41. The molecular weight excluding hydrogens is 381 g/mol. The molecule has 2 atom stereocenters. The normalized spacial score (nSPS) is 13.6. The first-order chi connectivity index (χ1) is 12.5. The summed E-state index contributed by atoms with van der Waals surface area (Å²) in [6.07, 6.45) is 1.42. The van der Waals surface area contributed by atoms with Gasteiger partial charge in [-0.15, -0.1) is 0 Å². The standard InChI is InChI=1S/C15H24N3O8P/c16-6-2-1-3-11(15(21)22)18-14(20)10(17)7-9-4-5-13(12(19)8-9)26-27(23,24)25/h4-5,8,10-11,19H,1-3,6-7,16-17H2,(H,18,20)(H,21,22)(H2,23,24,25)/p+1/t10-,11-/m0/s1. The first-order valence-corrected chi connectivity index (χ1v) is 9.65. The fourth-order valence-corrected chi connectivity index (χ4v) is 2.70. The molecule has 0 fully saturated rings. The summed E-state index contributed by atoms with van der Waals surface area (Å²) in [5.41, 5.74) is 11.6. The topological polar surface area (TPSA) is 208 Å². The number of amides is 1. The number of carbonyl (C=O) groups is 2. The zero-order chi connectivity index (χ0) is 20.6. The fourth-order valence-electron chi connectivity index (χ4n) is 2.29. The predicted molar refractivity (Wildman–Crippen MR) is 96.3 cm³/mol. The molecule has 0 aliphatic heterocycles. The number of hydrogen-bond donors (Lipinski definition) is 6. The first kappa shape index (κ1) is 22.9. The van der Waals surface area contributed by atoms with Gasteiger partial charge >= 0.3 is 13.8 Å². The van der Waals surface area contributed by atoms with Gasteiger partial charge in [0.25, 0.3) is 5.75 Å². The molecule has 11 nitrogen and oxygen atoms in total. The average Bonchev–Trinajstić information content (AvgIpc) is 2.55. The van der Waals surface area contributed by atoms with Crippen molar-refractivity contribution >= 4 is 19.7 Å². The molecule has 0 heterocycles. The van der Waals surface area contributed by atoms with Gasteiger partial charge in [0.1, 0.15) is 6.04 Å². The summed E-state index contributed by atoms with van der Waals surface area (Å²) in [7, 11) is -4.78. The molecule has 0 saturated carbocycles. The van der Waals surface area contributed by atoms with Crippen molar-refractivity contribution in [3.05, 3.63) is 23.8 Å². The molecule has 12 heteroatoms. The van der Waals surface area contributed by atoms with Crippen LogP contribution >= 0.6 is 7.82 Å². The average molecular weight is 406 g/mol. The van der Waals surface area contributed by atoms with Crippen molar-refractivity contribution in [1.29, 1.82) is 0 Å². The van der Waals surface area contributed by atoms with Crippen LogP contribution in [0.25, 0.3) is 0 Å². The third-order valence-electron chi connectivity index (χ3n) is 3.62. The van der Waals surface area contributed by atoms with Crippen molar-refractivity contribution in [2.24, 2.45) is 11.5 Å². The van der Waals surface area contributed by atoms with E-state index in [0.717, 1.165) is 0 Å². The lowest BCUT2D eigenvalue weighted by Gasteiger charge is -2.18. The van der Waals surface area contributed by atoms with Crippen molar-refractivity contribution in [1.82, 2.24) is 5.32 Å². The molecule has 10 N–H and O–H groups in total. The zero-order valence-electron chi connectivity index (χ0n) is 14.5. The van der Waals surface area contributed by atoms with E-state index in [0.29, 0.717) is 24.9 Å². The summed E-state index contributed by atoms with van der Waals surface area (Å²) >= 11 is 0. The van der Waals surface area contributed by atoms with E-state index in [2.05, 4.69) is 9.84 Å². The van der Waals surface area contributed by atoms with E-state index in [9.17, 15) is 14.2 Å². The lowest BCUT2D eigenvalue weighted by atomic mass is 10.0. The highest BCUT2D eigenvalue weighted by atomic mass is 31.2. The van der Waals surface area contributed by atoms with Crippen LogP contribution in [0.1, 0.15) is 24.8 Å². The van der Waals surface area contributed by atoms with E-state index < -0.39 is 31.8 Å². The molecule has 0 saturated heterocycles. The Morgan fingerprint density at radius 2 is 1.96 bits per heavy atom. The number of benzene rings is 1. The number of carboxylic acids is 1. The van der Waals surface area contributed by atoms with Gasteiger partial charge in [-0.2, -0.15) is 0 Å². The quantitative estimate of drug-likeness (QED) is 0.154. The molecule has 0 radical (unpaired) electrons. The van der Waals surface area contributed by atoms with Crippen LogP contribution in [-0.4, -0.2) is 50.5 Å². The maximum absolute atomic E-state index is 12.1. The van der Waals surface area contributed by atoms with Crippen LogP contribution in [0.2, 0.25) is 0 Å². The molecule has 0 aromatic heterocycles. The maximum atomic E-state index is 12.1. The molecule has 0 aliphatic carbocycles. The molecule has 0 spiro atoms. The van der Waals surface area contributed by atoms with Gasteiger partial charge < -0.3 is 31.5 Å². The van der Waals surface area contributed by atoms with Crippen molar-refractivity contribution in [3.8, 4) is 11.5 Å². The minimum atomic E-state index is -4.78. The van der Waals surface area contributed by atoms with Crippen LogP contribution in [-0.2, 0) is 20.6 Å². The van der Waals surface area contributed by atoms with Gasteiger partial charge in [-0.25, -0.2) is 9.36 Å². The smallest absolute Gasteiger partial charge is 0.525 e. The number of unbranched alkanes of at least 4 members (excludes halogenated alkanes) is 1. The number of carbonyl (C=O) groups excluding carboxylic acids is 1. The summed E-state index contributed by atoms with van der Waals surface area (Å²) in [5.74, 6) is -2.42. The zero-order valence-corrected chi connectivity index (χ0v) is 15.4. The molecule has 1 aromatic rings. The van der Waals surface area contributed by atoms with Crippen molar-refractivity contribution in [2.45, 2.75) is 37.8 Å². The number of rotatable bonds is 11. The minimum Gasteiger partial charge on any atom is -0.591 e. The summed E-state index contributed by atoms with van der Waals surface area (Å²) in [5, 5.41) is 19.2. The van der Waals surface area contributed by atoms with Crippen LogP contribution in [0.5, 0.6) is 11.5 Å². The van der Waals surface area contributed by atoms with Gasteiger partial charge in [-0.3, -0.25) is 14.6 Å². The van der Waals surface area contributed by atoms with Crippen LogP contribution < -0.4 is 21.3 Å². The molecular formula is C15H25N3O8P+. The van der Waals surface area contributed by atoms with E-state index >= 15 is 0 Å². The lowest BCUT2D eigenvalue weighted by Crippen LogP contribution is -2.49. The Kier molecular flexibility index (Phi) is 8.67. The largest absolute Gasteiger partial charge is 0.591 e. The van der Waals surface area contributed by atoms with Crippen LogP contribution in [0.4, 0.5) is 0 Å². The Labute approximate surface area is 155 Å². The van der Waals surface area contributed by atoms with Gasteiger partial charge in [0.05, 0.1) is 6.04 Å². The van der Waals surface area contributed by atoms with Crippen LogP contribution in [0.15, 0.2) is 18.2 Å². The Balaban J connectivity index is 2.69. The predicted octanol–water partition coefficient (Wildman–Crippen LogP) is -0.836. The van der Waals surface area contributed by atoms with Crippen molar-refractivity contribution < 1.29 is 38.7 Å². The number of nitrogens with two attached hydrogens (primary N) is 2. The molecule has 27 heavy (non-hydrogen) atoms. The second kappa shape index (κ2) is 10.2.